The molecule has 3 aromatic rings. The van der Waals surface area contributed by atoms with Gasteiger partial charge in [0.25, 0.3) is 0 Å². The SMILES string of the molecule is C[C@]1(O)CCC[C@@H](Nc2ncc3nc(Nc4c(Cl)cccc4Cl)n([C@H]4CC[C@H](C(N)=O)CC4)c3n2)C1. The van der Waals surface area contributed by atoms with Crippen LogP contribution >= 0.6 is 23.2 Å². The Morgan fingerprint density at radius 3 is 2.56 bits per heavy atom. The van der Waals surface area contributed by atoms with Crippen molar-refractivity contribution >= 4 is 57.9 Å². The first-order chi connectivity index (χ1) is 17.2. The number of anilines is 3. The van der Waals surface area contributed by atoms with Crippen LogP contribution in [0.25, 0.3) is 11.2 Å². The van der Waals surface area contributed by atoms with Gasteiger partial charge in [0.1, 0.15) is 5.52 Å². The highest BCUT2D eigenvalue weighted by molar-refractivity contribution is 6.39. The van der Waals surface area contributed by atoms with Gasteiger partial charge in [0.2, 0.25) is 17.8 Å². The van der Waals surface area contributed by atoms with Gasteiger partial charge >= 0.3 is 0 Å². The van der Waals surface area contributed by atoms with Crippen molar-refractivity contribution in [2.24, 2.45) is 11.7 Å². The second-order valence-electron chi connectivity index (χ2n) is 10.3. The van der Waals surface area contributed by atoms with Crippen LogP contribution in [0.1, 0.15) is 64.3 Å². The summed E-state index contributed by atoms with van der Waals surface area (Å²) in [7, 11) is 0. The van der Waals surface area contributed by atoms with Gasteiger partial charge < -0.3 is 21.5 Å². The predicted octanol–water partition coefficient (Wildman–Crippen LogP) is 5.20. The standard InChI is InChI=1S/C25H31Cl2N7O2/c1-25(36)11-3-4-15(12-25)30-23-29-13-19-22(33-23)34(16-9-7-14(8-10-16)21(28)35)24(31-19)32-20-17(26)5-2-6-18(20)27/h2,5-6,13-16,36H,3-4,7-12H2,1H3,(H2,28,35)(H,31,32)(H,29,30,33)/t14-,15-,16-,25+/m1/s1. The summed E-state index contributed by atoms with van der Waals surface area (Å²) in [6.07, 6.45) is 7.99. The van der Waals surface area contributed by atoms with Crippen LogP contribution in [-0.4, -0.2) is 42.2 Å². The molecule has 0 saturated heterocycles. The first kappa shape index (κ1) is 25.0. The molecule has 2 fully saturated rings. The molecule has 0 bridgehead atoms. The van der Waals surface area contributed by atoms with E-state index >= 15 is 0 Å². The second-order valence-corrected chi connectivity index (χ2v) is 11.1. The van der Waals surface area contributed by atoms with Crippen molar-refractivity contribution in [1.29, 1.82) is 0 Å². The minimum absolute atomic E-state index is 0.0625. The fourth-order valence-corrected chi connectivity index (χ4v) is 6.00. The fourth-order valence-electron chi connectivity index (χ4n) is 5.51. The minimum Gasteiger partial charge on any atom is -0.390 e. The molecule has 2 saturated carbocycles. The largest absolute Gasteiger partial charge is 0.390 e. The molecule has 5 rings (SSSR count). The molecular formula is C25H31Cl2N7O2. The molecule has 36 heavy (non-hydrogen) atoms. The van der Waals surface area contributed by atoms with E-state index < -0.39 is 5.60 Å². The number of rotatable bonds is 6. The number of hydrogen-bond acceptors (Lipinski definition) is 7. The van der Waals surface area contributed by atoms with Gasteiger partial charge in [-0.15, -0.1) is 0 Å². The molecule has 0 unspecified atom stereocenters. The quantitative estimate of drug-likeness (QED) is 0.343. The summed E-state index contributed by atoms with van der Waals surface area (Å²) in [6, 6.07) is 5.47. The molecule has 1 amide bonds. The number of carbonyl (C=O) groups is 1. The average Bonchev–Trinajstić information content (AvgIpc) is 3.18. The molecule has 2 heterocycles. The lowest BCUT2D eigenvalue weighted by atomic mass is 9.83. The maximum Gasteiger partial charge on any atom is 0.224 e. The van der Waals surface area contributed by atoms with Crippen molar-refractivity contribution in [1.82, 2.24) is 19.5 Å². The molecule has 11 heteroatoms. The number of primary amides is 1. The third kappa shape index (κ3) is 5.23. The van der Waals surface area contributed by atoms with E-state index in [0.29, 0.717) is 58.1 Å². The number of carbonyl (C=O) groups excluding carboxylic acids is 1. The van der Waals surface area contributed by atoms with Crippen molar-refractivity contribution in [3.05, 3.63) is 34.4 Å². The topological polar surface area (TPSA) is 131 Å². The Hall–Kier alpha value is -2.62. The molecule has 0 spiro atoms. The third-order valence-electron chi connectivity index (χ3n) is 7.38. The van der Waals surface area contributed by atoms with Crippen LogP contribution in [0.2, 0.25) is 10.0 Å². The molecule has 2 aromatic heterocycles. The van der Waals surface area contributed by atoms with Crippen LogP contribution in [0.3, 0.4) is 0 Å². The molecule has 2 aliphatic carbocycles. The van der Waals surface area contributed by atoms with Crippen molar-refractivity contribution in [2.45, 2.75) is 76.0 Å². The molecule has 0 aliphatic heterocycles. The zero-order valence-electron chi connectivity index (χ0n) is 20.2. The highest BCUT2D eigenvalue weighted by Crippen LogP contribution is 2.39. The lowest BCUT2D eigenvalue weighted by Gasteiger charge is -2.34. The molecule has 2 atom stereocenters. The Balaban J connectivity index is 1.51. The van der Waals surface area contributed by atoms with E-state index in [0.717, 1.165) is 32.1 Å². The molecule has 1 aromatic carbocycles. The number of nitrogens with one attached hydrogen (secondary N) is 2. The third-order valence-corrected chi connectivity index (χ3v) is 8.01. The number of nitrogens with zero attached hydrogens (tertiary/aromatic N) is 4. The normalized spacial score (nSPS) is 26.6. The summed E-state index contributed by atoms with van der Waals surface area (Å²) < 4.78 is 2.07. The van der Waals surface area contributed by atoms with E-state index in [1.54, 1.807) is 24.4 Å². The number of amides is 1. The van der Waals surface area contributed by atoms with Crippen molar-refractivity contribution in [2.75, 3.05) is 10.6 Å². The predicted molar refractivity (Wildman–Crippen MR) is 142 cm³/mol. The summed E-state index contributed by atoms with van der Waals surface area (Å²) in [4.78, 5) is 25.9. The monoisotopic (exact) mass is 531 g/mol. The Kier molecular flexibility index (Phi) is 6.98. The Labute approximate surface area is 219 Å². The van der Waals surface area contributed by atoms with Crippen LogP contribution in [-0.2, 0) is 4.79 Å². The van der Waals surface area contributed by atoms with Gasteiger partial charge in [0.15, 0.2) is 5.65 Å². The first-order valence-electron chi connectivity index (χ1n) is 12.4. The van der Waals surface area contributed by atoms with Gasteiger partial charge in [-0.2, -0.15) is 4.98 Å². The zero-order chi connectivity index (χ0) is 25.4. The molecule has 0 radical (unpaired) electrons. The van der Waals surface area contributed by atoms with E-state index in [2.05, 4.69) is 20.2 Å². The van der Waals surface area contributed by atoms with Gasteiger partial charge in [0, 0.05) is 18.0 Å². The fraction of sp³-hybridized carbons (Fsp3) is 0.520. The highest BCUT2D eigenvalue weighted by Gasteiger charge is 2.31. The molecular weight excluding hydrogens is 501 g/mol. The summed E-state index contributed by atoms with van der Waals surface area (Å²) in [5.74, 6) is 0.702. The van der Waals surface area contributed by atoms with Crippen molar-refractivity contribution in [3.8, 4) is 0 Å². The van der Waals surface area contributed by atoms with Gasteiger partial charge in [-0.05, 0) is 70.4 Å². The average molecular weight is 532 g/mol. The number of para-hydroxylation sites is 1. The number of aromatic nitrogens is 4. The van der Waals surface area contributed by atoms with Crippen LogP contribution in [0.4, 0.5) is 17.6 Å². The van der Waals surface area contributed by atoms with E-state index in [-0.39, 0.29) is 23.9 Å². The van der Waals surface area contributed by atoms with E-state index in [1.165, 1.54) is 0 Å². The summed E-state index contributed by atoms with van der Waals surface area (Å²) >= 11 is 12.9. The van der Waals surface area contributed by atoms with Crippen LogP contribution in [0, 0.1) is 5.92 Å². The van der Waals surface area contributed by atoms with E-state index in [1.807, 2.05) is 6.92 Å². The number of aliphatic hydroxyl groups is 1. The van der Waals surface area contributed by atoms with Gasteiger partial charge in [-0.3, -0.25) is 9.36 Å². The lowest BCUT2D eigenvalue weighted by Crippen LogP contribution is -2.38. The Morgan fingerprint density at radius 1 is 1.17 bits per heavy atom. The molecule has 192 valence electrons. The highest BCUT2D eigenvalue weighted by atomic mass is 35.5. The summed E-state index contributed by atoms with van der Waals surface area (Å²) in [6.45, 7) is 1.88. The summed E-state index contributed by atoms with van der Waals surface area (Å²) in [5.41, 5.74) is 6.77. The smallest absolute Gasteiger partial charge is 0.224 e. The lowest BCUT2D eigenvalue weighted by molar-refractivity contribution is -0.122. The van der Waals surface area contributed by atoms with Crippen LogP contribution in [0.15, 0.2) is 24.4 Å². The van der Waals surface area contributed by atoms with Crippen LogP contribution < -0.4 is 16.4 Å². The molecule has 5 N–H and O–H groups in total. The minimum atomic E-state index is -0.688. The Bertz CT molecular complexity index is 1250. The summed E-state index contributed by atoms with van der Waals surface area (Å²) in [5, 5.41) is 18.2. The van der Waals surface area contributed by atoms with Crippen LogP contribution in [0.5, 0.6) is 0 Å². The van der Waals surface area contributed by atoms with Gasteiger partial charge in [0.05, 0.1) is 27.5 Å². The molecule has 2 aliphatic rings. The number of benzene rings is 1. The maximum absolute atomic E-state index is 11.7. The number of imidazole rings is 1. The van der Waals surface area contributed by atoms with Gasteiger partial charge in [-0.25, -0.2) is 9.97 Å². The number of halogens is 2. The van der Waals surface area contributed by atoms with Gasteiger partial charge in [-0.1, -0.05) is 29.3 Å². The van der Waals surface area contributed by atoms with Crippen molar-refractivity contribution in [3.63, 3.8) is 0 Å². The zero-order valence-corrected chi connectivity index (χ0v) is 21.7. The number of fused-ring (bicyclic) bond motifs is 1. The van der Waals surface area contributed by atoms with E-state index in [9.17, 15) is 9.90 Å². The first-order valence-corrected chi connectivity index (χ1v) is 13.2. The number of hydrogen-bond donors (Lipinski definition) is 4. The second kappa shape index (κ2) is 10.0. The number of nitrogens with two attached hydrogens (primary N) is 1. The molecule has 9 nitrogen and oxygen atoms in total. The Morgan fingerprint density at radius 2 is 1.89 bits per heavy atom. The maximum atomic E-state index is 11.7. The van der Waals surface area contributed by atoms with E-state index in [4.69, 9.17) is 38.9 Å². The van der Waals surface area contributed by atoms with Crippen molar-refractivity contribution < 1.29 is 9.90 Å².